The number of halogens is 1. The summed E-state index contributed by atoms with van der Waals surface area (Å²) >= 11 is 0. The van der Waals surface area contributed by atoms with E-state index in [4.69, 9.17) is 0 Å². The molecule has 1 saturated heterocycles. The van der Waals surface area contributed by atoms with Crippen LogP contribution in [0.3, 0.4) is 0 Å². The van der Waals surface area contributed by atoms with Crippen LogP contribution < -0.4 is 5.56 Å². The van der Waals surface area contributed by atoms with Crippen molar-refractivity contribution < 1.29 is 4.39 Å². The van der Waals surface area contributed by atoms with Gasteiger partial charge in [0.15, 0.2) is 0 Å². The standard InChI is InChI=1S/C25H23FN4O/c26-21-7-8-23-22(14-21)25(31)29-24(28-23)19-9-12-30(13-10-19)16-17-3-5-18(6-4-17)20-2-1-11-27-15-20/h1-8,11,14-15,19H,9-10,12-13,16H2,(H,28,29,31). The average molecular weight is 414 g/mol. The van der Waals surface area contributed by atoms with Crippen LogP contribution in [0.1, 0.15) is 30.1 Å². The Kier molecular flexibility index (Phi) is 5.30. The van der Waals surface area contributed by atoms with Crippen LogP contribution in [0.15, 0.2) is 71.8 Å². The summed E-state index contributed by atoms with van der Waals surface area (Å²) in [5.41, 5.74) is 3.86. The predicted molar refractivity (Wildman–Crippen MR) is 119 cm³/mol. The quantitative estimate of drug-likeness (QED) is 0.534. The highest BCUT2D eigenvalue weighted by Crippen LogP contribution is 2.27. The monoisotopic (exact) mass is 414 g/mol. The third-order valence-corrected chi connectivity index (χ3v) is 6.01. The molecule has 0 spiro atoms. The van der Waals surface area contributed by atoms with Crippen LogP contribution >= 0.6 is 0 Å². The molecule has 0 atom stereocenters. The number of aromatic amines is 1. The number of H-pyrrole nitrogens is 1. The number of fused-ring (bicyclic) bond motifs is 1. The van der Waals surface area contributed by atoms with Gasteiger partial charge in [0, 0.05) is 24.9 Å². The Morgan fingerprint density at radius 2 is 1.84 bits per heavy atom. The van der Waals surface area contributed by atoms with E-state index in [1.807, 2.05) is 12.3 Å². The van der Waals surface area contributed by atoms with Crippen molar-refractivity contribution in [2.24, 2.45) is 0 Å². The number of pyridine rings is 1. The van der Waals surface area contributed by atoms with Gasteiger partial charge in [0.25, 0.3) is 5.56 Å². The van der Waals surface area contributed by atoms with E-state index in [1.54, 1.807) is 12.3 Å². The molecule has 31 heavy (non-hydrogen) atoms. The summed E-state index contributed by atoms with van der Waals surface area (Å²) in [4.78, 5) is 26.5. The first-order chi connectivity index (χ1) is 15.2. The first-order valence-electron chi connectivity index (χ1n) is 10.6. The second-order valence-corrected chi connectivity index (χ2v) is 8.10. The van der Waals surface area contributed by atoms with Crippen LogP contribution in [0, 0.1) is 5.82 Å². The molecule has 0 radical (unpaired) electrons. The molecule has 2 aromatic carbocycles. The molecule has 2 aromatic heterocycles. The number of piperidine rings is 1. The summed E-state index contributed by atoms with van der Waals surface area (Å²) in [7, 11) is 0. The number of aromatic nitrogens is 3. The molecule has 0 amide bonds. The van der Waals surface area contributed by atoms with Crippen LogP contribution in [-0.2, 0) is 6.54 Å². The summed E-state index contributed by atoms with van der Waals surface area (Å²) in [6, 6.07) is 16.8. The second-order valence-electron chi connectivity index (χ2n) is 8.10. The van der Waals surface area contributed by atoms with Crippen molar-refractivity contribution >= 4 is 10.9 Å². The molecule has 156 valence electrons. The Bertz CT molecular complexity index is 1250. The van der Waals surface area contributed by atoms with Gasteiger partial charge >= 0.3 is 0 Å². The van der Waals surface area contributed by atoms with Crippen molar-refractivity contribution in [2.45, 2.75) is 25.3 Å². The maximum absolute atomic E-state index is 13.4. The van der Waals surface area contributed by atoms with E-state index in [0.29, 0.717) is 16.7 Å². The molecule has 5 rings (SSSR count). The smallest absolute Gasteiger partial charge is 0.258 e. The average Bonchev–Trinajstić information content (AvgIpc) is 2.81. The Morgan fingerprint density at radius 3 is 2.58 bits per heavy atom. The molecular weight excluding hydrogens is 391 g/mol. The zero-order valence-corrected chi connectivity index (χ0v) is 17.1. The zero-order chi connectivity index (χ0) is 21.2. The van der Waals surface area contributed by atoms with Gasteiger partial charge < -0.3 is 4.98 Å². The first-order valence-corrected chi connectivity index (χ1v) is 10.6. The van der Waals surface area contributed by atoms with Gasteiger partial charge in [-0.1, -0.05) is 30.3 Å². The molecule has 5 nitrogen and oxygen atoms in total. The summed E-state index contributed by atoms with van der Waals surface area (Å²) in [6.45, 7) is 2.79. The maximum atomic E-state index is 13.4. The van der Waals surface area contributed by atoms with Gasteiger partial charge in [0.2, 0.25) is 0 Å². The minimum Gasteiger partial charge on any atom is -0.310 e. The SMILES string of the molecule is O=c1[nH]c(C2CCN(Cc3ccc(-c4cccnc4)cc3)CC2)nc2ccc(F)cc12. The molecule has 3 heterocycles. The topological polar surface area (TPSA) is 61.9 Å². The fourth-order valence-corrected chi connectivity index (χ4v) is 4.28. The van der Waals surface area contributed by atoms with Crippen molar-refractivity contribution in [1.29, 1.82) is 0 Å². The lowest BCUT2D eigenvalue weighted by Gasteiger charge is -2.31. The van der Waals surface area contributed by atoms with Gasteiger partial charge in [0.05, 0.1) is 10.9 Å². The van der Waals surface area contributed by atoms with E-state index in [9.17, 15) is 9.18 Å². The third kappa shape index (κ3) is 4.25. The summed E-state index contributed by atoms with van der Waals surface area (Å²) in [6.07, 6.45) is 5.53. The lowest BCUT2D eigenvalue weighted by atomic mass is 9.95. The Hall–Kier alpha value is -3.38. The minimum absolute atomic E-state index is 0.214. The Morgan fingerprint density at radius 1 is 1.03 bits per heavy atom. The van der Waals surface area contributed by atoms with Gasteiger partial charge in [0.1, 0.15) is 11.6 Å². The highest BCUT2D eigenvalue weighted by Gasteiger charge is 2.23. The molecule has 6 heteroatoms. The molecule has 4 aromatic rings. The van der Waals surface area contributed by atoms with Crippen LogP contribution in [0.5, 0.6) is 0 Å². The van der Waals surface area contributed by atoms with E-state index in [-0.39, 0.29) is 11.5 Å². The van der Waals surface area contributed by atoms with Crippen LogP contribution in [0.4, 0.5) is 4.39 Å². The highest BCUT2D eigenvalue weighted by molar-refractivity contribution is 5.77. The van der Waals surface area contributed by atoms with Gasteiger partial charge in [-0.15, -0.1) is 0 Å². The Labute approximate surface area is 179 Å². The molecule has 1 N–H and O–H groups in total. The Balaban J connectivity index is 1.23. The molecule has 1 fully saturated rings. The number of hydrogen-bond acceptors (Lipinski definition) is 4. The lowest BCUT2D eigenvalue weighted by Crippen LogP contribution is -2.33. The van der Waals surface area contributed by atoms with Crippen molar-refractivity contribution in [3.63, 3.8) is 0 Å². The second kappa shape index (κ2) is 8.40. The molecule has 0 unspecified atom stereocenters. The minimum atomic E-state index is -0.422. The van der Waals surface area contributed by atoms with E-state index in [0.717, 1.165) is 38.0 Å². The summed E-state index contributed by atoms with van der Waals surface area (Å²) in [5, 5.41) is 0.302. The van der Waals surface area contributed by atoms with Crippen molar-refractivity contribution in [3.8, 4) is 11.1 Å². The molecule has 1 aliphatic rings. The van der Waals surface area contributed by atoms with E-state index in [2.05, 4.69) is 50.2 Å². The van der Waals surface area contributed by atoms with Gasteiger partial charge in [-0.05, 0) is 66.9 Å². The normalized spacial score (nSPS) is 15.4. The number of hydrogen-bond donors (Lipinski definition) is 1. The molecule has 0 saturated carbocycles. The van der Waals surface area contributed by atoms with Gasteiger partial charge in [-0.3, -0.25) is 14.7 Å². The first kappa shape index (κ1) is 19.6. The summed E-state index contributed by atoms with van der Waals surface area (Å²) in [5.74, 6) is 0.505. The van der Waals surface area contributed by atoms with Crippen molar-refractivity contribution in [3.05, 3.63) is 94.5 Å². The fraction of sp³-hybridized carbons (Fsp3) is 0.240. The molecule has 0 bridgehead atoms. The third-order valence-electron chi connectivity index (χ3n) is 6.01. The number of nitrogens with one attached hydrogen (secondary N) is 1. The highest BCUT2D eigenvalue weighted by atomic mass is 19.1. The number of rotatable bonds is 4. The predicted octanol–water partition coefficient (Wildman–Crippen LogP) is 4.50. The van der Waals surface area contributed by atoms with Crippen molar-refractivity contribution in [2.75, 3.05) is 13.1 Å². The van der Waals surface area contributed by atoms with Crippen LogP contribution in [-0.4, -0.2) is 32.9 Å². The van der Waals surface area contributed by atoms with E-state index in [1.165, 1.54) is 23.3 Å². The van der Waals surface area contributed by atoms with Gasteiger partial charge in [-0.2, -0.15) is 0 Å². The maximum Gasteiger partial charge on any atom is 0.258 e. The lowest BCUT2D eigenvalue weighted by molar-refractivity contribution is 0.202. The fourth-order valence-electron chi connectivity index (χ4n) is 4.28. The molecule has 1 aliphatic heterocycles. The van der Waals surface area contributed by atoms with E-state index >= 15 is 0 Å². The largest absolute Gasteiger partial charge is 0.310 e. The van der Waals surface area contributed by atoms with Crippen molar-refractivity contribution in [1.82, 2.24) is 19.9 Å². The number of nitrogens with zero attached hydrogens (tertiary/aromatic N) is 3. The summed E-state index contributed by atoms with van der Waals surface area (Å²) < 4.78 is 13.4. The van der Waals surface area contributed by atoms with E-state index < -0.39 is 5.82 Å². The molecule has 0 aliphatic carbocycles. The number of benzene rings is 2. The van der Waals surface area contributed by atoms with Crippen LogP contribution in [0.25, 0.3) is 22.0 Å². The zero-order valence-electron chi connectivity index (χ0n) is 17.1. The number of likely N-dealkylation sites (tertiary alicyclic amines) is 1. The molecular formula is C25H23FN4O. The van der Waals surface area contributed by atoms with Gasteiger partial charge in [-0.25, -0.2) is 9.37 Å². The van der Waals surface area contributed by atoms with Crippen LogP contribution in [0.2, 0.25) is 0 Å².